The highest BCUT2D eigenvalue weighted by molar-refractivity contribution is 5.90. The van der Waals surface area contributed by atoms with E-state index >= 15 is 0 Å². The minimum absolute atomic E-state index is 0.0344. The van der Waals surface area contributed by atoms with Gasteiger partial charge >= 0.3 is 6.03 Å². The fourth-order valence-corrected chi connectivity index (χ4v) is 1.80. The number of rotatable bonds is 5. The molecule has 0 spiro atoms. The van der Waals surface area contributed by atoms with Crippen LogP contribution >= 0.6 is 0 Å². The summed E-state index contributed by atoms with van der Waals surface area (Å²) in [6.45, 7) is 2.04. The SMILES string of the molecule is CCc1ccc(NC(=O)Cn2ncc(NC(=O)N(C)C)n2)cc1. The lowest BCUT2D eigenvalue weighted by molar-refractivity contribution is -0.117. The summed E-state index contributed by atoms with van der Waals surface area (Å²) in [5, 5.41) is 13.3. The number of carbonyl (C=O) groups excluding carboxylic acids is 2. The number of nitrogens with zero attached hydrogens (tertiary/aromatic N) is 4. The van der Waals surface area contributed by atoms with Crippen LogP contribution in [0.3, 0.4) is 0 Å². The molecule has 0 aliphatic carbocycles. The van der Waals surface area contributed by atoms with E-state index < -0.39 is 0 Å². The summed E-state index contributed by atoms with van der Waals surface area (Å²) >= 11 is 0. The molecule has 0 bridgehead atoms. The summed E-state index contributed by atoms with van der Waals surface area (Å²) < 4.78 is 0. The summed E-state index contributed by atoms with van der Waals surface area (Å²) in [6, 6.07) is 7.34. The van der Waals surface area contributed by atoms with Crippen LogP contribution in [0.4, 0.5) is 16.3 Å². The van der Waals surface area contributed by atoms with Crippen LogP contribution in [0.5, 0.6) is 0 Å². The summed E-state index contributed by atoms with van der Waals surface area (Å²) in [5.74, 6) is 0.0548. The Balaban J connectivity index is 1.90. The molecule has 2 aromatic rings. The van der Waals surface area contributed by atoms with Gasteiger partial charge in [0.15, 0.2) is 5.82 Å². The fourth-order valence-electron chi connectivity index (χ4n) is 1.80. The van der Waals surface area contributed by atoms with Crippen LogP contribution in [0.25, 0.3) is 0 Å². The van der Waals surface area contributed by atoms with Crippen molar-refractivity contribution in [1.29, 1.82) is 0 Å². The topological polar surface area (TPSA) is 92.2 Å². The second kappa shape index (κ2) is 7.39. The van der Waals surface area contributed by atoms with Crippen LogP contribution in [0.15, 0.2) is 30.5 Å². The molecule has 8 nitrogen and oxygen atoms in total. The molecule has 122 valence electrons. The van der Waals surface area contributed by atoms with Crippen LogP contribution in [0, 0.1) is 0 Å². The number of carbonyl (C=O) groups is 2. The van der Waals surface area contributed by atoms with Crippen molar-refractivity contribution in [1.82, 2.24) is 19.9 Å². The minimum Gasteiger partial charge on any atom is -0.331 e. The Morgan fingerprint density at radius 2 is 1.87 bits per heavy atom. The van der Waals surface area contributed by atoms with E-state index in [0.29, 0.717) is 5.82 Å². The standard InChI is InChI=1S/C15H20N6O2/c1-4-11-5-7-12(8-6-11)17-14(22)10-21-16-9-13(19-21)18-15(23)20(2)3/h5-9H,4,10H2,1-3H3,(H,17,22)(H,18,19,23). The average molecular weight is 316 g/mol. The molecule has 0 saturated carbocycles. The summed E-state index contributed by atoms with van der Waals surface area (Å²) in [7, 11) is 3.24. The average Bonchev–Trinajstić information content (AvgIpc) is 2.94. The Bertz CT molecular complexity index is 678. The zero-order valence-corrected chi connectivity index (χ0v) is 13.4. The van der Waals surface area contributed by atoms with Crippen molar-refractivity contribution in [2.24, 2.45) is 0 Å². The van der Waals surface area contributed by atoms with Crippen LogP contribution in [-0.2, 0) is 17.8 Å². The molecule has 0 saturated heterocycles. The lowest BCUT2D eigenvalue weighted by Crippen LogP contribution is -2.27. The summed E-state index contributed by atoms with van der Waals surface area (Å²) in [4.78, 5) is 26.1. The van der Waals surface area contributed by atoms with Crippen LogP contribution in [0.2, 0.25) is 0 Å². The number of hydrogen-bond donors (Lipinski definition) is 2. The second-order valence-electron chi connectivity index (χ2n) is 5.18. The van der Waals surface area contributed by atoms with Gasteiger partial charge in [0, 0.05) is 19.8 Å². The second-order valence-corrected chi connectivity index (χ2v) is 5.18. The van der Waals surface area contributed by atoms with E-state index in [4.69, 9.17) is 0 Å². The number of amides is 3. The first kappa shape index (κ1) is 16.5. The van der Waals surface area contributed by atoms with Crippen molar-refractivity contribution in [2.75, 3.05) is 24.7 Å². The number of aromatic nitrogens is 3. The monoisotopic (exact) mass is 316 g/mol. The highest BCUT2D eigenvalue weighted by Gasteiger charge is 2.10. The van der Waals surface area contributed by atoms with Gasteiger partial charge in [0.1, 0.15) is 6.54 Å². The van der Waals surface area contributed by atoms with E-state index in [1.165, 1.54) is 21.5 Å². The van der Waals surface area contributed by atoms with Gasteiger partial charge in [-0.05, 0) is 24.1 Å². The number of aryl methyl sites for hydroxylation is 1. The maximum atomic E-state index is 12.0. The predicted octanol–water partition coefficient (Wildman–Crippen LogP) is 1.57. The Morgan fingerprint density at radius 1 is 1.17 bits per heavy atom. The molecule has 1 heterocycles. The number of anilines is 2. The first-order valence-corrected chi connectivity index (χ1v) is 7.25. The molecule has 0 unspecified atom stereocenters. The quantitative estimate of drug-likeness (QED) is 0.876. The Morgan fingerprint density at radius 3 is 2.48 bits per heavy atom. The Kier molecular flexibility index (Phi) is 5.29. The van der Waals surface area contributed by atoms with Crippen molar-refractivity contribution in [3.05, 3.63) is 36.0 Å². The molecule has 0 radical (unpaired) electrons. The molecule has 0 atom stereocenters. The van der Waals surface area contributed by atoms with E-state index in [1.807, 2.05) is 24.3 Å². The lowest BCUT2D eigenvalue weighted by Gasteiger charge is -2.09. The molecular weight excluding hydrogens is 296 g/mol. The van der Waals surface area contributed by atoms with E-state index in [9.17, 15) is 9.59 Å². The van der Waals surface area contributed by atoms with E-state index in [1.54, 1.807) is 14.1 Å². The minimum atomic E-state index is -0.308. The van der Waals surface area contributed by atoms with Crippen LogP contribution < -0.4 is 10.6 Å². The molecule has 3 amide bonds. The Hall–Kier alpha value is -2.90. The van der Waals surface area contributed by atoms with Crippen LogP contribution in [-0.4, -0.2) is 45.9 Å². The maximum Gasteiger partial charge on any atom is 0.322 e. The molecule has 1 aromatic heterocycles. The van der Waals surface area contributed by atoms with Gasteiger partial charge in [-0.2, -0.15) is 9.90 Å². The molecule has 2 rings (SSSR count). The highest BCUT2D eigenvalue weighted by atomic mass is 16.2. The summed E-state index contributed by atoms with van der Waals surface area (Å²) in [6.07, 6.45) is 2.34. The highest BCUT2D eigenvalue weighted by Crippen LogP contribution is 2.10. The van der Waals surface area contributed by atoms with Gasteiger partial charge in [0.25, 0.3) is 0 Å². The van der Waals surface area contributed by atoms with E-state index in [2.05, 4.69) is 27.8 Å². The molecule has 2 N–H and O–H groups in total. The molecule has 0 aliphatic heterocycles. The molecule has 0 aliphatic rings. The maximum absolute atomic E-state index is 12.0. The van der Waals surface area contributed by atoms with Crippen molar-refractivity contribution in [2.45, 2.75) is 19.9 Å². The lowest BCUT2D eigenvalue weighted by atomic mass is 10.1. The first-order valence-electron chi connectivity index (χ1n) is 7.25. The zero-order valence-electron chi connectivity index (χ0n) is 13.4. The largest absolute Gasteiger partial charge is 0.331 e. The Labute approximate surface area is 134 Å². The van der Waals surface area contributed by atoms with Gasteiger partial charge in [0.2, 0.25) is 5.91 Å². The van der Waals surface area contributed by atoms with Gasteiger partial charge < -0.3 is 10.2 Å². The van der Waals surface area contributed by atoms with Gasteiger partial charge in [0.05, 0.1) is 6.20 Å². The van der Waals surface area contributed by atoms with Gasteiger partial charge in [-0.3, -0.25) is 10.1 Å². The molecule has 23 heavy (non-hydrogen) atoms. The third-order valence-corrected chi connectivity index (χ3v) is 3.11. The van der Waals surface area contributed by atoms with Crippen molar-refractivity contribution in [3.8, 4) is 0 Å². The van der Waals surface area contributed by atoms with Crippen LogP contribution in [0.1, 0.15) is 12.5 Å². The van der Waals surface area contributed by atoms with E-state index in [-0.39, 0.29) is 18.5 Å². The van der Waals surface area contributed by atoms with Gasteiger partial charge in [-0.25, -0.2) is 4.79 Å². The zero-order chi connectivity index (χ0) is 16.8. The number of benzene rings is 1. The predicted molar refractivity (Wildman–Crippen MR) is 87.2 cm³/mol. The summed E-state index contributed by atoms with van der Waals surface area (Å²) in [5.41, 5.74) is 1.93. The first-order chi connectivity index (χ1) is 11.0. The molecule has 8 heteroatoms. The number of nitrogens with one attached hydrogen (secondary N) is 2. The number of urea groups is 1. The molecule has 0 fully saturated rings. The van der Waals surface area contributed by atoms with Gasteiger partial charge in [-0.1, -0.05) is 19.1 Å². The number of hydrogen-bond acceptors (Lipinski definition) is 4. The third-order valence-electron chi connectivity index (χ3n) is 3.11. The molecular formula is C15H20N6O2. The normalized spacial score (nSPS) is 10.2. The smallest absolute Gasteiger partial charge is 0.322 e. The van der Waals surface area contributed by atoms with Crippen molar-refractivity contribution >= 4 is 23.4 Å². The van der Waals surface area contributed by atoms with E-state index in [0.717, 1.165) is 12.1 Å². The van der Waals surface area contributed by atoms with Crippen molar-refractivity contribution in [3.63, 3.8) is 0 Å². The third kappa shape index (κ3) is 4.80. The van der Waals surface area contributed by atoms with Gasteiger partial charge in [-0.15, -0.1) is 5.10 Å². The molecule has 1 aromatic carbocycles. The fraction of sp³-hybridized carbons (Fsp3) is 0.333. The van der Waals surface area contributed by atoms with Crippen molar-refractivity contribution < 1.29 is 9.59 Å².